The number of carbonyl (C=O) groups excluding carboxylic acids is 2. The first kappa shape index (κ1) is 20.1. The number of anilines is 1. The molecule has 0 bridgehead atoms. The Morgan fingerprint density at radius 2 is 2.00 bits per heavy atom. The lowest BCUT2D eigenvalue weighted by atomic mass is 9.92. The first-order valence-corrected chi connectivity index (χ1v) is 9.85. The number of halogens is 3. The molecule has 29 heavy (non-hydrogen) atoms. The number of hydrogen-bond donors (Lipinski definition) is 0. The molecule has 1 aromatic heterocycles. The molecule has 9 heteroatoms. The van der Waals surface area contributed by atoms with Crippen LogP contribution in [0.15, 0.2) is 30.5 Å². The van der Waals surface area contributed by atoms with Crippen molar-refractivity contribution in [1.29, 1.82) is 0 Å². The summed E-state index contributed by atoms with van der Waals surface area (Å²) in [5.74, 6) is -0.668. The molecule has 2 amide bonds. The number of piperazine rings is 1. The number of rotatable bonds is 4. The van der Waals surface area contributed by atoms with Crippen molar-refractivity contribution in [3.8, 4) is 0 Å². The summed E-state index contributed by atoms with van der Waals surface area (Å²) in [6, 6.07) is 5.30. The molecular formula is C20H18Cl2FN3O3. The second-order valence-electron chi connectivity index (χ2n) is 7.23. The predicted molar refractivity (Wildman–Crippen MR) is 106 cm³/mol. The molecule has 0 N–H and O–H groups in total. The maximum atomic E-state index is 13.5. The molecule has 2 aliphatic rings. The molecule has 0 aliphatic carbocycles. The molecule has 3 heterocycles. The molecule has 1 aromatic carbocycles. The number of benzene rings is 1. The fourth-order valence-electron chi connectivity index (χ4n) is 3.66. The lowest BCUT2D eigenvalue weighted by Crippen LogP contribution is -2.65. The van der Waals surface area contributed by atoms with Crippen molar-refractivity contribution < 1.29 is 18.7 Å². The average molecular weight is 438 g/mol. The molecule has 1 atom stereocenters. The topological polar surface area (TPSA) is 62.7 Å². The molecule has 4 rings (SSSR count). The van der Waals surface area contributed by atoms with Crippen LogP contribution in [-0.2, 0) is 20.9 Å². The maximum absolute atomic E-state index is 13.5. The highest BCUT2D eigenvalue weighted by Gasteiger charge is 2.47. The summed E-state index contributed by atoms with van der Waals surface area (Å²) in [4.78, 5) is 33.6. The van der Waals surface area contributed by atoms with E-state index in [1.807, 2.05) is 0 Å². The minimum atomic E-state index is -0.689. The second-order valence-corrected chi connectivity index (χ2v) is 8.07. The van der Waals surface area contributed by atoms with Crippen molar-refractivity contribution in [2.24, 2.45) is 5.92 Å². The molecule has 0 saturated carbocycles. The van der Waals surface area contributed by atoms with Gasteiger partial charge in [-0.1, -0.05) is 29.3 Å². The Morgan fingerprint density at radius 3 is 2.62 bits per heavy atom. The Balaban J connectivity index is 1.66. The minimum Gasteiger partial charge on any atom is -0.380 e. The Morgan fingerprint density at radius 1 is 1.24 bits per heavy atom. The highest BCUT2D eigenvalue weighted by atomic mass is 35.5. The van der Waals surface area contributed by atoms with E-state index in [1.165, 1.54) is 28.1 Å². The van der Waals surface area contributed by atoms with Gasteiger partial charge in [-0.2, -0.15) is 0 Å². The van der Waals surface area contributed by atoms with Crippen LogP contribution in [0.2, 0.25) is 10.0 Å². The first-order valence-electron chi connectivity index (χ1n) is 9.10. The minimum absolute atomic E-state index is 0.0237. The molecule has 6 nitrogen and oxygen atoms in total. The summed E-state index contributed by atoms with van der Waals surface area (Å²) in [5.41, 5.74) is 1.36. The monoisotopic (exact) mass is 437 g/mol. The summed E-state index contributed by atoms with van der Waals surface area (Å²) in [6.45, 7) is 2.61. The fourth-order valence-corrected chi connectivity index (χ4v) is 4.08. The van der Waals surface area contributed by atoms with Crippen LogP contribution < -0.4 is 4.90 Å². The molecule has 152 valence electrons. The molecular weight excluding hydrogens is 420 g/mol. The number of amides is 2. The van der Waals surface area contributed by atoms with Gasteiger partial charge in [0.15, 0.2) is 0 Å². The van der Waals surface area contributed by atoms with Crippen LogP contribution in [0.5, 0.6) is 0 Å². The molecule has 2 saturated heterocycles. The van der Waals surface area contributed by atoms with Crippen LogP contribution in [0.25, 0.3) is 0 Å². The SMILES string of the molecule is Cc1cc(Cl)cnc1N1CC(=O)N(Cc2ccc(F)c(Cl)c2)[C@@H](C2COC2)C1=O. The number of aryl methyl sites for hydroxylation is 1. The third kappa shape index (κ3) is 3.82. The van der Waals surface area contributed by atoms with Gasteiger partial charge in [0.05, 0.1) is 23.3 Å². The molecule has 2 fully saturated rings. The number of ether oxygens (including phenoxy) is 1. The van der Waals surface area contributed by atoms with E-state index >= 15 is 0 Å². The summed E-state index contributed by atoms with van der Waals surface area (Å²) < 4.78 is 18.8. The largest absolute Gasteiger partial charge is 0.380 e. The standard InChI is InChI=1S/C20H18Cl2FN3O3/c1-11-4-14(21)6-24-19(11)26-8-17(27)25(18(20(26)28)13-9-29-10-13)7-12-2-3-16(23)15(22)5-12/h2-6,13,18H,7-10H2,1H3/t18-/m0/s1. The highest BCUT2D eigenvalue weighted by Crippen LogP contribution is 2.31. The summed E-state index contributed by atoms with van der Waals surface area (Å²) in [7, 11) is 0. The Labute approximate surface area is 177 Å². The van der Waals surface area contributed by atoms with Gasteiger partial charge < -0.3 is 9.64 Å². The lowest BCUT2D eigenvalue weighted by molar-refractivity contribution is -0.155. The van der Waals surface area contributed by atoms with E-state index in [2.05, 4.69) is 4.98 Å². The first-order chi connectivity index (χ1) is 13.8. The smallest absolute Gasteiger partial charge is 0.251 e. The van der Waals surface area contributed by atoms with Crippen molar-refractivity contribution in [1.82, 2.24) is 9.88 Å². The zero-order valence-corrected chi connectivity index (χ0v) is 17.1. The van der Waals surface area contributed by atoms with Crippen molar-refractivity contribution in [2.45, 2.75) is 19.5 Å². The van der Waals surface area contributed by atoms with E-state index in [1.54, 1.807) is 19.1 Å². The Kier molecular flexibility index (Phi) is 5.46. The van der Waals surface area contributed by atoms with Crippen LogP contribution in [0.4, 0.5) is 10.2 Å². The molecule has 2 aromatic rings. The summed E-state index contributed by atoms with van der Waals surface area (Å²) in [6.07, 6.45) is 1.45. The van der Waals surface area contributed by atoms with E-state index < -0.39 is 11.9 Å². The zero-order valence-electron chi connectivity index (χ0n) is 15.6. The van der Waals surface area contributed by atoms with Gasteiger partial charge in [-0.15, -0.1) is 0 Å². The van der Waals surface area contributed by atoms with E-state index in [0.717, 1.165) is 0 Å². The van der Waals surface area contributed by atoms with Crippen molar-refractivity contribution in [3.05, 3.63) is 57.5 Å². The van der Waals surface area contributed by atoms with E-state index in [4.69, 9.17) is 27.9 Å². The third-order valence-electron chi connectivity index (χ3n) is 5.19. The van der Waals surface area contributed by atoms with Crippen molar-refractivity contribution >= 4 is 40.8 Å². The summed E-state index contributed by atoms with van der Waals surface area (Å²) >= 11 is 11.8. The average Bonchev–Trinajstić information content (AvgIpc) is 2.62. The van der Waals surface area contributed by atoms with Crippen LogP contribution in [0.1, 0.15) is 11.1 Å². The van der Waals surface area contributed by atoms with Crippen LogP contribution >= 0.6 is 23.2 Å². The normalized spacial score (nSPS) is 20.2. The Bertz CT molecular complexity index is 983. The Hall–Kier alpha value is -2.22. The number of hydrogen-bond acceptors (Lipinski definition) is 4. The molecule has 0 unspecified atom stereocenters. The third-order valence-corrected chi connectivity index (χ3v) is 5.69. The van der Waals surface area contributed by atoms with Gasteiger partial charge in [-0.05, 0) is 36.2 Å². The maximum Gasteiger partial charge on any atom is 0.251 e. The van der Waals surface area contributed by atoms with Gasteiger partial charge in [-0.3, -0.25) is 14.5 Å². The summed E-state index contributed by atoms with van der Waals surface area (Å²) in [5, 5.41) is 0.435. The van der Waals surface area contributed by atoms with Gasteiger partial charge >= 0.3 is 0 Å². The predicted octanol–water partition coefficient (Wildman–Crippen LogP) is 3.23. The lowest BCUT2D eigenvalue weighted by Gasteiger charge is -2.45. The second kappa shape index (κ2) is 7.89. The van der Waals surface area contributed by atoms with Gasteiger partial charge in [0.2, 0.25) is 5.91 Å². The molecule has 0 spiro atoms. The van der Waals surface area contributed by atoms with Gasteiger partial charge in [0, 0.05) is 18.7 Å². The van der Waals surface area contributed by atoms with Crippen LogP contribution in [-0.4, -0.2) is 47.5 Å². The van der Waals surface area contributed by atoms with E-state index in [-0.39, 0.29) is 35.8 Å². The van der Waals surface area contributed by atoms with Gasteiger partial charge in [0.1, 0.15) is 24.2 Å². The zero-order chi connectivity index (χ0) is 20.7. The highest BCUT2D eigenvalue weighted by molar-refractivity contribution is 6.31. The molecule has 0 radical (unpaired) electrons. The van der Waals surface area contributed by atoms with Crippen LogP contribution in [0.3, 0.4) is 0 Å². The van der Waals surface area contributed by atoms with E-state index in [0.29, 0.717) is 35.2 Å². The number of carbonyl (C=O) groups is 2. The fraction of sp³-hybridized carbons (Fsp3) is 0.350. The number of aromatic nitrogens is 1. The van der Waals surface area contributed by atoms with Gasteiger partial charge in [0.25, 0.3) is 5.91 Å². The van der Waals surface area contributed by atoms with Crippen molar-refractivity contribution in [2.75, 3.05) is 24.7 Å². The van der Waals surface area contributed by atoms with E-state index in [9.17, 15) is 14.0 Å². The van der Waals surface area contributed by atoms with Crippen LogP contribution in [0, 0.1) is 18.7 Å². The number of pyridine rings is 1. The quantitative estimate of drug-likeness (QED) is 0.736. The number of nitrogens with zero attached hydrogens (tertiary/aromatic N) is 3. The van der Waals surface area contributed by atoms with Gasteiger partial charge in [-0.25, -0.2) is 9.37 Å². The van der Waals surface area contributed by atoms with Crippen molar-refractivity contribution in [3.63, 3.8) is 0 Å². The molecule has 2 aliphatic heterocycles.